The topological polar surface area (TPSA) is 90.5 Å². The number of imidazole rings is 1. The van der Waals surface area contributed by atoms with Crippen molar-refractivity contribution in [1.29, 1.82) is 0 Å². The first-order valence-corrected chi connectivity index (χ1v) is 9.29. The molecule has 2 aromatic carbocycles. The molecule has 0 saturated heterocycles. The summed E-state index contributed by atoms with van der Waals surface area (Å²) in [5, 5.41) is 11.4. The van der Waals surface area contributed by atoms with Gasteiger partial charge in [0.05, 0.1) is 23.5 Å². The summed E-state index contributed by atoms with van der Waals surface area (Å²) in [5.41, 5.74) is 1.46. The van der Waals surface area contributed by atoms with Crippen molar-refractivity contribution in [2.24, 2.45) is 0 Å². The normalized spacial score (nSPS) is 10.5. The van der Waals surface area contributed by atoms with Crippen molar-refractivity contribution in [2.75, 3.05) is 24.8 Å². The molecule has 0 aliphatic carbocycles. The molecule has 3 aromatic rings. The third kappa shape index (κ3) is 4.32. The SMILES string of the molecule is COc1cccc(-n2ccnc2SCC(=O)N(C)c2ccc([N+](=O)[O-])cc2)c1. The zero-order chi connectivity index (χ0) is 20.1. The van der Waals surface area contributed by atoms with Gasteiger partial charge < -0.3 is 9.64 Å². The van der Waals surface area contributed by atoms with E-state index in [4.69, 9.17) is 4.74 Å². The van der Waals surface area contributed by atoms with Crippen molar-refractivity contribution in [3.63, 3.8) is 0 Å². The van der Waals surface area contributed by atoms with E-state index in [2.05, 4.69) is 4.98 Å². The predicted molar refractivity (Wildman–Crippen MR) is 107 cm³/mol. The number of non-ortho nitro benzene ring substituents is 1. The molecule has 0 saturated carbocycles. The van der Waals surface area contributed by atoms with Gasteiger partial charge in [-0.1, -0.05) is 17.8 Å². The van der Waals surface area contributed by atoms with Gasteiger partial charge in [0.2, 0.25) is 5.91 Å². The number of aromatic nitrogens is 2. The Morgan fingerprint density at radius 1 is 1.29 bits per heavy atom. The van der Waals surface area contributed by atoms with Crippen molar-refractivity contribution < 1.29 is 14.5 Å². The highest BCUT2D eigenvalue weighted by Crippen LogP contribution is 2.24. The van der Waals surface area contributed by atoms with Gasteiger partial charge in [0.1, 0.15) is 5.75 Å². The zero-order valence-corrected chi connectivity index (χ0v) is 16.1. The molecule has 0 radical (unpaired) electrons. The molecule has 0 atom stereocenters. The number of methoxy groups -OCH3 is 1. The van der Waals surface area contributed by atoms with Crippen LogP contribution in [-0.2, 0) is 4.79 Å². The molecular weight excluding hydrogens is 380 g/mol. The standard InChI is InChI=1S/C19H18N4O4S/c1-21(14-6-8-15(9-7-14)23(25)26)18(24)13-28-19-20-10-11-22(19)16-4-3-5-17(12-16)27-2/h3-12H,13H2,1-2H3. The summed E-state index contributed by atoms with van der Waals surface area (Å²) in [6, 6.07) is 13.4. The second kappa shape index (κ2) is 8.57. The number of carbonyl (C=O) groups is 1. The molecular formula is C19H18N4O4S. The fraction of sp³-hybridized carbons (Fsp3) is 0.158. The Labute approximate surface area is 165 Å². The number of carbonyl (C=O) groups excluding carboxylic acids is 1. The summed E-state index contributed by atoms with van der Waals surface area (Å²) in [6.45, 7) is 0. The Kier molecular flexibility index (Phi) is 5.95. The fourth-order valence-corrected chi connectivity index (χ4v) is 3.41. The minimum Gasteiger partial charge on any atom is -0.497 e. The largest absolute Gasteiger partial charge is 0.497 e. The van der Waals surface area contributed by atoms with E-state index in [1.54, 1.807) is 32.5 Å². The number of nitro benzene ring substituents is 1. The van der Waals surface area contributed by atoms with Gasteiger partial charge in [-0.25, -0.2) is 4.98 Å². The quantitative estimate of drug-likeness (QED) is 0.343. The maximum Gasteiger partial charge on any atom is 0.269 e. The number of hydrogen-bond acceptors (Lipinski definition) is 6. The van der Waals surface area contributed by atoms with Crippen molar-refractivity contribution in [3.05, 3.63) is 71.0 Å². The number of ether oxygens (including phenoxy) is 1. The molecule has 1 heterocycles. The maximum absolute atomic E-state index is 12.5. The molecule has 0 N–H and O–H groups in total. The van der Waals surface area contributed by atoms with Gasteiger partial charge in [0.25, 0.3) is 5.69 Å². The van der Waals surface area contributed by atoms with Gasteiger partial charge in [-0.05, 0) is 24.3 Å². The van der Waals surface area contributed by atoms with Gasteiger partial charge in [-0.2, -0.15) is 0 Å². The lowest BCUT2D eigenvalue weighted by atomic mass is 10.2. The van der Waals surface area contributed by atoms with E-state index in [9.17, 15) is 14.9 Å². The Morgan fingerprint density at radius 3 is 2.71 bits per heavy atom. The van der Waals surface area contributed by atoms with E-state index in [1.165, 1.54) is 28.8 Å². The summed E-state index contributed by atoms with van der Waals surface area (Å²) in [5.74, 6) is 0.768. The van der Waals surface area contributed by atoms with E-state index in [-0.39, 0.29) is 17.3 Å². The van der Waals surface area contributed by atoms with Crippen LogP contribution in [0.1, 0.15) is 0 Å². The van der Waals surface area contributed by atoms with E-state index in [1.807, 2.05) is 35.0 Å². The first-order chi connectivity index (χ1) is 13.5. The molecule has 0 spiro atoms. The van der Waals surface area contributed by atoms with Crippen LogP contribution in [-0.4, -0.2) is 40.3 Å². The van der Waals surface area contributed by atoms with E-state index < -0.39 is 4.92 Å². The molecule has 0 bridgehead atoms. The van der Waals surface area contributed by atoms with Crippen LogP contribution in [0, 0.1) is 10.1 Å². The maximum atomic E-state index is 12.5. The molecule has 1 amide bonds. The smallest absolute Gasteiger partial charge is 0.269 e. The molecule has 8 nitrogen and oxygen atoms in total. The summed E-state index contributed by atoms with van der Waals surface area (Å²) in [7, 11) is 3.24. The Balaban J connectivity index is 1.68. The van der Waals surface area contributed by atoms with E-state index >= 15 is 0 Å². The highest BCUT2D eigenvalue weighted by atomic mass is 32.2. The molecule has 0 aliphatic rings. The lowest BCUT2D eigenvalue weighted by Gasteiger charge is -2.17. The third-order valence-corrected chi connectivity index (χ3v) is 5.04. The van der Waals surface area contributed by atoms with Gasteiger partial charge >= 0.3 is 0 Å². The average molecular weight is 398 g/mol. The molecule has 1 aromatic heterocycles. The Hall–Kier alpha value is -3.33. The number of rotatable bonds is 7. The van der Waals surface area contributed by atoms with Crippen molar-refractivity contribution in [3.8, 4) is 11.4 Å². The van der Waals surface area contributed by atoms with E-state index in [0.717, 1.165) is 11.4 Å². The number of nitrogens with zero attached hydrogens (tertiary/aromatic N) is 4. The van der Waals surface area contributed by atoms with Gasteiger partial charge in [0.15, 0.2) is 5.16 Å². The predicted octanol–water partition coefficient (Wildman–Crippen LogP) is 3.54. The number of nitro groups is 1. The summed E-state index contributed by atoms with van der Waals surface area (Å²) < 4.78 is 7.13. The molecule has 0 fully saturated rings. The third-order valence-electron chi connectivity index (χ3n) is 4.08. The summed E-state index contributed by atoms with van der Waals surface area (Å²) in [4.78, 5) is 28.6. The molecule has 9 heteroatoms. The van der Waals surface area contributed by atoms with Crippen LogP contribution in [0.5, 0.6) is 5.75 Å². The number of hydrogen-bond donors (Lipinski definition) is 0. The Morgan fingerprint density at radius 2 is 2.04 bits per heavy atom. The first-order valence-electron chi connectivity index (χ1n) is 8.31. The lowest BCUT2D eigenvalue weighted by Crippen LogP contribution is -2.28. The van der Waals surface area contributed by atoms with Gasteiger partial charge in [-0.3, -0.25) is 19.5 Å². The Bertz CT molecular complexity index is 988. The molecule has 28 heavy (non-hydrogen) atoms. The van der Waals surface area contributed by atoms with Gasteiger partial charge in [0, 0.05) is 43.3 Å². The van der Waals surface area contributed by atoms with Gasteiger partial charge in [-0.15, -0.1) is 0 Å². The number of thioether (sulfide) groups is 1. The minimum atomic E-state index is -0.472. The first kappa shape index (κ1) is 19.4. The highest BCUT2D eigenvalue weighted by molar-refractivity contribution is 7.99. The van der Waals surface area contributed by atoms with Crippen molar-refractivity contribution >= 4 is 29.0 Å². The molecule has 3 rings (SSSR count). The summed E-state index contributed by atoms with van der Waals surface area (Å²) in [6.07, 6.45) is 3.49. The van der Waals surface area contributed by atoms with Crippen LogP contribution < -0.4 is 9.64 Å². The molecule has 0 aliphatic heterocycles. The number of benzene rings is 2. The zero-order valence-electron chi connectivity index (χ0n) is 15.3. The number of anilines is 1. The van der Waals surface area contributed by atoms with Crippen LogP contribution in [0.25, 0.3) is 5.69 Å². The van der Waals surface area contributed by atoms with Crippen LogP contribution in [0.15, 0.2) is 66.1 Å². The minimum absolute atomic E-state index is 0.0145. The molecule has 0 unspecified atom stereocenters. The van der Waals surface area contributed by atoms with Crippen LogP contribution in [0.2, 0.25) is 0 Å². The van der Waals surface area contributed by atoms with Crippen LogP contribution in [0.3, 0.4) is 0 Å². The second-order valence-electron chi connectivity index (χ2n) is 5.80. The number of amides is 1. The highest BCUT2D eigenvalue weighted by Gasteiger charge is 2.15. The fourth-order valence-electron chi connectivity index (χ4n) is 2.52. The lowest BCUT2D eigenvalue weighted by molar-refractivity contribution is -0.384. The van der Waals surface area contributed by atoms with E-state index in [0.29, 0.717) is 10.8 Å². The van der Waals surface area contributed by atoms with Crippen molar-refractivity contribution in [1.82, 2.24) is 9.55 Å². The van der Waals surface area contributed by atoms with Crippen LogP contribution in [0.4, 0.5) is 11.4 Å². The monoisotopic (exact) mass is 398 g/mol. The summed E-state index contributed by atoms with van der Waals surface area (Å²) >= 11 is 1.31. The second-order valence-corrected chi connectivity index (χ2v) is 6.74. The average Bonchev–Trinajstić information content (AvgIpc) is 3.20. The van der Waals surface area contributed by atoms with Crippen LogP contribution >= 0.6 is 11.8 Å². The molecule has 144 valence electrons. The van der Waals surface area contributed by atoms with Crippen molar-refractivity contribution in [2.45, 2.75) is 5.16 Å².